The molecule has 11 heteroatoms. The molecule has 2 heterocycles. The number of nitrogens with zero attached hydrogens (tertiary/aromatic N) is 1. The topological polar surface area (TPSA) is 103 Å². The normalized spacial score (nSPS) is 15.7. The number of methoxy groups -OCH3 is 1. The van der Waals surface area contributed by atoms with Crippen LogP contribution >= 0.6 is 15.9 Å². The summed E-state index contributed by atoms with van der Waals surface area (Å²) in [5, 5.41) is 2.13. The summed E-state index contributed by atoms with van der Waals surface area (Å²) in [5.74, 6) is -0.168. The standard InChI is InChI=1S/C26H18BrFN2O7/c1-34-21-10-15(19(27)11-23(21)35-12-14-2-7-20-22(8-14)37-13-36-20)9-18-24(31)29-26(33)30(25(18)32)17-5-3-16(28)4-6-17/h2-11H,12-13H2,1H3,(H,29,31,33)/b18-9+. The van der Waals surface area contributed by atoms with Crippen LogP contribution in [0.4, 0.5) is 14.9 Å². The first-order valence-electron chi connectivity index (χ1n) is 10.9. The van der Waals surface area contributed by atoms with Crippen molar-refractivity contribution in [3.63, 3.8) is 0 Å². The lowest BCUT2D eigenvalue weighted by molar-refractivity contribution is -0.122. The molecule has 2 aliphatic rings. The smallest absolute Gasteiger partial charge is 0.335 e. The molecule has 1 N–H and O–H groups in total. The molecule has 37 heavy (non-hydrogen) atoms. The maximum Gasteiger partial charge on any atom is 0.335 e. The Balaban J connectivity index is 1.41. The molecule has 0 aliphatic carbocycles. The van der Waals surface area contributed by atoms with E-state index in [1.807, 2.05) is 12.1 Å². The summed E-state index contributed by atoms with van der Waals surface area (Å²) in [5.41, 5.74) is 1.11. The van der Waals surface area contributed by atoms with Crippen LogP contribution in [0.25, 0.3) is 6.08 Å². The van der Waals surface area contributed by atoms with Crippen LogP contribution in [0.2, 0.25) is 0 Å². The van der Waals surface area contributed by atoms with E-state index in [2.05, 4.69) is 21.2 Å². The summed E-state index contributed by atoms with van der Waals surface area (Å²) < 4.78 is 35.9. The van der Waals surface area contributed by atoms with Crippen LogP contribution in [0, 0.1) is 5.82 Å². The largest absolute Gasteiger partial charge is 0.493 e. The lowest BCUT2D eigenvalue weighted by Crippen LogP contribution is -2.54. The molecule has 1 fully saturated rings. The maximum atomic E-state index is 13.3. The second-order valence-electron chi connectivity index (χ2n) is 7.94. The van der Waals surface area contributed by atoms with Crippen molar-refractivity contribution in [2.75, 3.05) is 18.8 Å². The van der Waals surface area contributed by atoms with Crippen molar-refractivity contribution in [2.45, 2.75) is 6.61 Å². The number of nitrogens with one attached hydrogen (secondary N) is 1. The molecular weight excluding hydrogens is 551 g/mol. The van der Waals surface area contributed by atoms with Gasteiger partial charge in [0.15, 0.2) is 23.0 Å². The molecule has 5 rings (SSSR count). The predicted molar refractivity (Wildman–Crippen MR) is 133 cm³/mol. The van der Waals surface area contributed by atoms with E-state index in [1.54, 1.807) is 18.2 Å². The van der Waals surface area contributed by atoms with E-state index in [1.165, 1.54) is 25.3 Å². The van der Waals surface area contributed by atoms with Crippen LogP contribution in [0.1, 0.15) is 11.1 Å². The average molecular weight is 569 g/mol. The minimum Gasteiger partial charge on any atom is -0.493 e. The van der Waals surface area contributed by atoms with Gasteiger partial charge in [-0.1, -0.05) is 22.0 Å². The van der Waals surface area contributed by atoms with Crippen molar-refractivity contribution >= 4 is 45.5 Å². The van der Waals surface area contributed by atoms with Gasteiger partial charge in [0.1, 0.15) is 18.0 Å². The van der Waals surface area contributed by atoms with Gasteiger partial charge < -0.3 is 18.9 Å². The zero-order valence-electron chi connectivity index (χ0n) is 19.2. The van der Waals surface area contributed by atoms with Gasteiger partial charge in [-0.05, 0) is 65.7 Å². The minimum absolute atomic E-state index is 0.117. The zero-order chi connectivity index (χ0) is 26.1. The number of carbonyl (C=O) groups is 3. The highest BCUT2D eigenvalue weighted by Crippen LogP contribution is 2.37. The highest BCUT2D eigenvalue weighted by Gasteiger charge is 2.37. The fraction of sp³-hybridized carbons (Fsp3) is 0.115. The first kappa shape index (κ1) is 24.3. The van der Waals surface area contributed by atoms with Crippen LogP contribution in [0.15, 0.2) is 64.6 Å². The van der Waals surface area contributed by atoms with Gasteiger partial charge >= 0.3 is 6.03 Å². The summed E-state index contributed by atoms with van der Waals surface area (Å²) in [6.45, 7) is 0.392. The molecule has 188 valence electrons. The Morgan fingerprint density at radius 3 is 2.54 bits per heavy atom. The molecular formula is C26H18BrFN2O7. The first-order valence-corrected chi connectivity index (χ1v) is 11.7. The number of amides is 4. The van der Waals surface area contributed by atoms with Crippen molar-refractivity contribution in [3.8, 4) is 23.0 Å². The summed E-state index contributed by atoms with van der Waals surface area (Å²) in [7, 11) is 1.46. The van der Waals surface area contributed by atoms with Gasteiger partial charge in [-0.15, -0.1) is 0 Å². The molecule has 3 aromatic carbocycles. The number of urea groups is 1. The van der Waals surface area contributed by atoms with Crippen molar-refractivity contribution in [2.24, 2.45) is 0 Å². The number of halogens is 2. The van der Waals surface area contributed by atoms with Gasteiger partial charge in [-0.25, -0.2) is 14.1 Å². The van der Waals surface area contributed by atoms with Gasteiger partial charge in [0, 0.05) is 4.47 Å². The third kappa shape index (κ3) is 4.85. The Bertz CT molecular complexity index is 1460. The van der Waals surface area contributed by atoms with E-state index in [0.29, 0.717) is 33.0 Å². The van der Waals surface area contributed by atoms with Crippen molar-refractivity contribution < 1.29 is 37.7 Å². The first-order chi connectivity index (χ1) is 17.8. The molecule has 0 aromatic heterocycles. The molecule has 0 saturated carbocycles. The van der Waals surface area contributed by atoms with E-state index >= 15 is 0 Å². The Hall–Kier alpha value is -4.38. The van der Waals surface area contributed by atoms with Crippen molar-refractivity contribution in [1.29, 1.82) is 0 Å². The fourth-order valence-electron chi connectivity index (χ4n) is 3.76. The summed E-state index contributed by atoms with van der Waals surface area (Å²) >= 11 is 3.44. The third-order valence-corrected chi connectivity index (χ3v) is 6.29. The van der Waals surface area contributed by atoms with Crippen LogP contribution < -0.4 is 29.2 Å². The van der Waals surface area contributed by atoms with E-state index in [9.17, 15) is 18.8 Å². The van der Waals surface area contributed by atoms with E-state index in [0.717, 1.165) is 22.6 Å². The molecule has 1 saturated heterocycles. The number of barbiturate groups is 1. The van der Waals surface area contributed by atoms with E-state index < -0.39 is 23.7 Å². The highest BCUT2D eigenvalue weighted by molar-refractivity contribution is 9.10. The van der Waals surface area contributed by atoms with Gasteiger partial charge in [-0.3, -0.25) is 14.9 Å². The number of hydrogen-bond donors (Lipinski definition) is 1. The van der Waals surface area contributed by atoms with Crippen molar-refractivity contribution in [1.82, 2.24) is 5.32 Å². The summed E-state index contributed by atoms with van der Waals surface area (Å²) in [4.78, 5) is 38.7. The number of rotatable bonds is 6. The molecule has 2 aliphatic heterocycles. The number of hydrogen-bond acceptors (Lipinski definition) is 7. The Labute approximate surface area is 218 Å². The molecule has 0 unspecified atom stereocenters. The highest BCUT2D eigenvalue weighted by atomic mass is 79.9. The molecule has 0 atom stereocenters. The fourth-order valence-corrected chi connectivity index (χ4v) is 4.20. The SMILES string of the molecule is COc1cc(/C=C2\C(=O)NC(=O)N(c3ccc(F)cc3)C2=O)c(Br)cc1OCc1ccc2c(c1)OCO2. The van der Waals surface area contributed by atoms with Gasteiger partial charge in [0.05, 0.1) is 12.8 Å². The lowest BCUT2D eigenvalue weighted by Gasteiger charge is -2.26. The number of carbonyl (C=O) groups excluding carboxylic acids is 3. The predicted octanol–water partition coefficient (Wildman–Crippen LogP) is 4.57. The molecule has 0 bridgehead atoms. The van der Waals surface area contributed by atoms with E-state index in [-0.39, 0.29) is 24.7 Å². The zero-order valence-corrected chi connectivity index (χ0v) is 20.8. The molecule has 0 radical (unpaired) electrons. The second kappa shape index (κ2) is 9.94. The molecule has 0 spiro atoms. The van der Waals surface area contributed by atoms with Gasteiger partial charge in [0.25, 0.3) is 11.8 Å². The number of fused-ring (bicyclic) bond motifs is 1. The van der Waals surface area contributed by atoms with E-state index in [4.69, 9.17) is 18.9 Å². The minimum atomic E-state index is -0.928. The number of anilines is 1. The van der Waals surface area contributed by atoms with Crippen LogP contribution in [-0.4, -0.2) is 31.7 Å². The number of imide groups is 2. The average Bonchev–Trinajstić information content (AvgIpc) is 3.35. The molecule has 3 aromatic rings. The van der Waals surface area contributed by atoms with Crippen molar-refractivity contribution in [3.05, 3.63) is 81.6 Å². The number of ether oxygens (including phenoxy) is 4. The summed E-state index contributed by atoms with van der Waals surface area (Å²) in [6, 6.07) is 12.5. The molecule has 9 nitrogen and oxygen atoms in total. The third-order valence-electron chi connectivity index (χ3n) is 5.60. The Kier molecular flexibility index (Phi) is 6.53. The van der Waals surface area contributed by atoms with Gasteiger partial charge in [-0.2, -0.15) is 0 Å². The number of benzene rings is 3. The van der Waals surface area contributed by atoms with Crippen LogP contribution in [0.3, 0.4) is 0 Å². The summed E-state index contributed by atoms with van der Waals surface area (Å²) in [6.07, 6.45) is 1.33. The molecule has 4 amide bonds. The van der Waals surface area contributed by atoms with Crippen LogP contribution in [0.5, 0.6) is 23.0 Å². The Morgan fingerprint density at radius 2 is 1.78 bits per heavy atom. The lowest BCUT2D eigenvalue weighted by atomic mass is 10.1. The quantitative estimate of drug-likeness (QED) is 0.343. The second-order valence-corrected chi connectivity index (χ2v) is 8.79. The monoisotopic (exact) mass is 568 g/mol. The van der Waals surface area contributed by atoms with Crippen LogP contribution in [-0.2, 0) is 16.2 Å². The maximum absolute atomic E-state index is 13.3. The van der Waals surface area contributed by atoms with Gasteiger partial charge in [0.2, 0.25) is 6.79 Å². The Morgan fingerprint density at radius 1 is 1.03 bits per heavy atom.